The van der Waals surface area contributed by atoms with Gasteiger partial charge < -0.3 is 13.9 Å². The van der Waals surface area contributed by atoms with Crippen molar-refractivity contribution in [2.24, 2.45) is 0 Å². The van der Waals surface area contributed by atoms with Gasteiger partial charge >= 0.3 is 0 Å². The number of hydrogen-bond donors (Lipinski definition) is 0. The lowest BCUT2D eigenvalue weighted by Gasteiger charge is -2.25. The summed E-state index contributed by atoms with van der Waals surface area (Å²) in [5, 5.41) is 4.66. The van der Waals surface area contributed by atoms with Crippen molar-refractivity contribution in [2.45, 2.75) is 0 Å². The van der Waals surface area contributed by atoms with Gasteiger partial charge in [-0.05, 0) is 82.9 Å². The van der Waals surface area contributed by atoms with Crippen LogP contribution >= 0.6 is 0 Å². The van der Waals surface area contributed by atoms with E-state index in [-0.39, 0.29) is 0 Å². The topological polar surface area (TPSA) is 21.3 Å². The minimum Gasteiger partial charge on any atom is -0.454 e. The van der Waals surface area contributed by atoms with E-state index in [2.05, 4.69) is 191 Å². The van der Waals surface area contributed by atoms with Crippen LogP contribution in [0.5, 0.6) is 0 Å². The quantitative estimate of drug-likeness (QED) is 0.178. The van der Waals surface area contributed by atoms with Crippen LogP contribution in [-0.2, 0) is 0 Å². The zero-order valence-electron chi connectivity index (χ0n) is 27.8. The van der Waals surface area contributed by atoms with E-state index >= 15 is 0 Å². The third-order valence-electron chi connectivity index (χ3n) is 9.97. The van der Waals surface area contributed by atoms with Crippen molar-refractivity contribution in [1.29, 1.82) is 0 Å². The second-order valence-electron chi connectivity index (χ2n) is 12.9. The van der Waals surface area contributed by atoms with Gasteiger partial charge in [-0.2, -0.15) is 0 Å². The Balaban J connectivity index is 1.24. The van der Waals surface area contributed by atoms with Crippen molar-refractivity contribution in [3.05, 3.63) is 194 Å². The average Bonchev–Trinajstić information content (AvgIpc) is 3.75. The molecule has 0 radical (unpaired) electrons. The molecule has 3 nitrogen and oxygen atoms in total. The van der Waals surface area contributed by atoms with E-state index in [0.717, 1.165) is 50.2 Å². The third kappa shape index (κ3) is 4.82. The van der Waals surface area contributed by atoms with Gasteiger partial charge in [-0.15, -0.1) is 0 Å². The fourth-order valence-corrected chi connectivity index (χ4v) is 7.70. The molecule has 0 fully saturated rings. The first kappa shape index (κ1) is 29.1. The summed E-state index contributed by atoms with van der Waals surface area (Å²) in [5.74, 6) is 0. The van der Waals surface area contributed by atoms with Gasteiger partial charge in [0.2, 0.25) is 0 Å². The number of rotatable bonds is 6. The largest absolute Gasteiger partial charge is 0.454 e. The van der Waals surface area contributed by atoms with Crippen LogP contribution in [-0.4, -0.2) is 4.57 Å². The van der Waals surface area contributed by atoms with Crippen LogP contribution in [0.3, 0.4) is 0 Å². The minimum atomic E-state index is 0.867. The predicted octanol–water partition coefficient (Wildman–Crippen LogP) is 13.5. The highest BCUT2D eigenvalue weighted by molar-refractivity contribution is 6.17. The summed E-state index contributed by atoms with van der Waals surface area (Å²) in [6, 6.07) is 69.1. The molecule has 0 aliphatic carbocycles. The summed E-state index contributed by atoms with van der Waals surface area (Å²) in [4.78, 5) is 2.32. The fourth-order valence-electron chi connectivity index (χ4n) is 7.70. The van der Waals surface area contributed by atoms with Gasteiger partial charge in [0.1, 0.15) is 5.58 Å². The van der Waals surface area contributed by atoms with Crippen LogP contribution in [0.2, 0.25) is 0 Å². The van der Waals surface area contributed by atoms with Gasteiger partial charge in [0.05, 0.1) is 16.7 Å². The third-order valence-corrected chi connectivity index (χ3v) is 9.97. The van der Waals surface area contributed by atoms with Gasteiger partial charge in [0.25, 0.3) is 0 Å². The molecule has 0 saturated carbocycles. The smallest absolute Gasteiger partial charge is 0.159 e. The molecule has 0 aliphatic heterocycles. The van der Waals surface area contributed by atoms with Crippen LogP contribution in [0.25, 0.3) is 71.7 Å². The van der Waals surface area contributed by atoms with Gasteiger partial charge in [-0.3, -0.25) is 0 Å². The number of fused-ring (bicyclic) bond motifs is 6. The van der Waals surface area contributed by atoms with E-state index in [1.54, 1.807) is 0 Å². The van der Waals surface area contributed by atoms with Gasteiger partial charge in [0.15, 0.2) is 5.58 Å². The maximum Gasteiger partial charge on any atom is 0.159 e. The number of anilines is 3. The van der Waals surface area contributed by atoms with Crippen molar-refractivity contribution in [3.8, 4) is 27.9 Å². The Bertz CT molecular complexity index is 2850. The second kappa shape index (κ2) is 11.9. The Labute approximate surface area is 295 Å². The van der Waals surface area contributed by atoms with Crippen molar-refractivity contribution in [1.82, 2.24) is 4.57 Å². The van der Waals surface area contributed by atoms with Crippen molar-refractivity contribution < 1.29 is 4.42 Å². The molecule has 10 aromatic rings. The first-order chi connectivity index (χ1) is 25.3. The molecule has 0 saturated heterocycles. The van der Waals surface area contributed by atoms with E-state index < -0.39 is 0 Å². The standard InChI is InChI=1S/C48H32N2O/c1-4-15-33(16-5-1)34-17-12-18-35(31-34)39-24-13-26-43-47(39)42-30-29-38(32-45(42)50(43)37-21-8-3-9-22-37)49(36-19-6-2-7-20-36)44-27-14-25-41-40-23-10-11-28-46(40)51-48(41)44/h1-32H. The first-order valence-corrected chi connectivity index (χ1v) is 17.4. The molecule has 0 spiro atoms. The maximum absolute atomic E-state index is 6.60. The average molecular weight is 653 g/mol. The van der Waals surface area contributed by atoms with Crippen LogP contribution in [0.15, 0.2) is 199 Å². The maximum atomic E-state index is 6.60. The normalized spacial score (nSPS) is 11.5. The summed E-state index contributed by atoms with van der Waals surface area (Å²) >= 11 is 0. The Hall–Kier alpha value is -6.84. The highest BCUT2D eigenvalue weighted by Gasteiger charge is 2.22. The lowest BCUT2D eigenvalue weighted by molar-refractivity contribution is 0.669. The van der Waals surface area contributed by atoms with Crippen molar-refractivity contribution in [2.75, 3.05) is 4.90 Å². The number of para-hydroxylation sites is 4. The molecular weight excluding hydrogens is 621 g/mol. The molecule has 0 bridgehead atoms. The van der Waals surface area contributed by atoms with E-state index in [1.807, 2.05) is 12.1 Å². The lowest BCUT2D eigenvalue weighted by Crippen LogP contribution is -2.10. The molecule has 3 heteroatoms. The Morgan fingerprint density at radius 1 is 0.412 bits per heavy atom. The molecule has 0 aliphatic rings. The Kier molecular flexibility index (Phi) is 6.81. The van der Waals surface area contributed by atoms with E-state index in [0.29, 0.717) is 0 Å². The molecule has 8 aromatic carbocycles. The lowest BCUT2D eigenvalue weighted by atomic mass is 9.96. The number of aromatic nitrogens is 1. The highest BCUT2D eigenvalue weighted by Crippen LogP contribution is 2.45. The zero-order valence-corrected chi connectivity index (χ0v) is 27.8. The van der Waals surface area contributed by atoms with E-state index in [4.69, 9.17) is 4.42 Å². The minimum absolute atomic E-state index is 0.867. The Morgan fingerprint density at radius 3 is 1.92 bits per heavy atom. The fraction of sp³-hybridized carbons (Fsp3) is 0. The van der Waals surface area contributed by atoms with E-state index in [1.165, 1.54) is 38.5 Å². The van der Waals surface area contributed by atoms with Crippen LogP contribution in [0.1, 0.15) is 0 Å². The molecule has 51 heavy (non-hydrogen) atoms. The SMILES string of the molecule is c1ccc(-c2cccc(-c3cccc4c3c3ccc(N(c5ccccc5)c5cccc6c5oc5ccccc56)cc3n4-c3ccccc3)c2)cc1. The van der Waals surface area contributed by atoms with Gasteiger partial charge in [0, 0.05) is 38.6 Å². The molecule has 0 N–H and O–H groups in total. The summed E-state index contributed by atoms with van der Waals surface area (Å²) in [6.07, 6.45) is 0. The molecular formula is C48H32N2O. The van der Waals surface area contributed by atoms with Crippen LogP contribution in [0.4, 0.5) is 17.1 Å². The molecule has 2 heterocycles. The zero-order chi connectivity index (χ0) is 33.7. The van der Waals surface area contributed by atoms with Gasteiger partial charge in [-0.25, -0.2) is 0 Å². The number of benzene rings is 8. The summed E-state index contributed by atoms with van der Waals surface area (Å²) in [7, 11) is 0. The predicted molar refractivity (Wildman–Crippen MR) is 214 cm³/mol. The molecule has 2 aromatic heterocycles. The molecule has 0 atom stereocenters. The summed E-state index contributed by atoms with van der Waals surface area (Å²) in [6.45, 7) is 0. The number of hydrogen-bond acceptors (Lipinski definition) is 2. The molecule has 240 valence electrons. The molecule has 0 amide bonds. The molecule has 10 rings (SSSR count). The van der Waals surface area contributed by atoms with Crippen molar-refractivity contribution >= 4 is 60.8 Å². The van der Waals surface area contributed by atoms with Crippen LogP contribution in [0, 0.1) is 0 Å². The van der Waals surface area contributed by atoms with Crippen LogP contribution < -0.4 is 4.90 Å². The van der Waals surface area contributed by atoms with Crippen molar-refractivity contribution in [3.63, 3.8) is 0 Å². The highest BCUT2D eigenvalue weighted by atomic mass is 16.3. The summed E-state index contributed by atoms with van der Waals surface area (Å²) in [5.41, 5.74) is 13.1. The monoisotopic (exact) mass is 652 g/mol. The second-order valence-corrected chi connectivity index (χ2v) is 12.9. The van der Waals surface area contributed by atoms with E-state index in [9.17, 15) is 0 Å². The summed E-state index contributed by atoms with van der Waals surface area (Å²) < 4.78 is 9.00. The molecule has 0 unspecified atom stereocenters. The van der Waals surface area contributed by atoms with Gasteiger partial charge in [-0.1, -0.05) is 133 Å². The number of furan rings is 1. The first-order valence-electron chi connectivity index (χ1n) is 17.4. The number of nitrogens with zero attached hydrogens (tertiary/aromatic N) is 2. The Morgan fingerprint density at radius 2 is 1.08 bits per heavy atom.